The second-order valence-corrected chi connectivity index (χ2v) is 5.25. The summed E-state index contributed by atoms with van der Waals surface area (Å²) in [5, 5.41) is 0. The van der Waals surface area contributed by atoms with E-state index in [0.29, 0.717) is 11.3 Å². The molecule has 0 bridgehead atoms. The van der Waals surface area contributed by atoms with Crippen LogP contribution in [0.1, 0.15) is 31.9 Å². The van der Waals surface area contributed by atoms with E-state index in [1.54, 1.807) is 6.33 Å². The average molecular weight is 218 g/mol. The van der Waals surface area contributed by atoms with E-state index < -0.39 is 0 Å². The molecule has 3 rings (SSSR count). The minimum Gasteiger partial charge on any atom is -0.291 e. The lowest BCUT2D eigenvalue weighted by atomic mass is 10.1. The van der Waals surface area contributed by atoms with E-state index in [1.807, 2.05) is 12.1 Å². The maximum atomic E-state index is 5.79. The average Bonchev–Trinajstić information content (AvgIpc) is 2.76. The van der Waals surface area contributed by atoms with Crippen molar-refractivity contribution in [1.82, 2.24) is 9.66 Å². The zero-order valence-corrected chi connectivity index (χ0v) is 9.51. The van der Waals surface area contributed by atoms with Crippen molar-refractivity contribution in [3.63, 3.8) is 0 Å². The summed E-state index contributed by atoms with van der Waals surface area (Å²) >= 11 is 0. The SMILES string of the molecule is CC1(C)CC1c1ccc2c(n1)[n+](N)cn2N. The maximum Gasteiger partial charge on any atom is 0.326 e. The minimum atomic E-state index is 0.380. The molecule has 1 aliphatic rings. The molecular formula is C11H16N5+. The van der Waals surface area contributed by atoms with Crippen LogP contribution in [0.3, 0.4) is 0 Å². The van der Waals surface area contributed by atoms with Crippen molar-refractivity contribution in [2.45, 2.75) is 26.2 Å². The van der Waals surface area contributed by atoms with Gasteiger partial charge in [0.1, 0.15) is 5.69 Å². The van der Waals surface area contributed by atoms with Crippen molar-refractivity contribution in [3.05, 3.63) is 24.2 Å². The van der Waals surface area contributed by atoms with Gasteiger partial charge in [-0.05, 0) is 24.0 Å². The third-order valence-corrected chi connectivity index (χ3v) is 3.52. The lowest BCUT2D eigenvalue weighted by Gasteiger charge is -1.99. The first kappa shape index (κ1) is 9.45. The first-order chi connectivity index (χ1) is 7.49. The number of rotatable bonds is 1. The van der Waals surface area contributed by atoms with Gasteiger partial charge in [0.2, 0.25) is 11.8 Å². The summed E-state index contributed by atoms with van der Waals surface area (Å²) in [5.74, 6) is 12.1. The summed E-state index contributed by atoms with van der Waals surface area (Å²) in [7, 11) is 0. The highest BCUT2D eigenvalue weighted by Crippen LogP contribution is 2.58. The highest BCUT2D eigenvalue weighted by atomic mass is 15.4. The third kappa shape index (κ3) is 1.17. The van der Waals surface area contributed by atoms with Crippen molar-refractivity contribution in [2.75, 3.05) is 11.7 Å². The first-order valence-electron chi connectivity index (χ1n) is 5.43. The Labute approximate surface area is 93.6 Å². The van der Waals surface area contributed by atoms with Gasteiger partial charge < -0.3 is 0 Å². The van der Waals surface area contributed by atoms with Crippen molar-refractivity contribution < 1.29 is 4.68 Å². The molecule has 84 valence electrons. The summed E-state index contributed by atoms with van der Waals surface area (Å²) < 4.78 is 2.96. The molecule has 2 aromatic heterocycles. The molecule has 5 heteroatoms. The number of imidazole rings is 1. The van der Waals surface area contributed by atoms with Crippen LogP contribution in [0.4, 0.5) is 0 Å². The summed E-state index contributed by atoms with van der Waals surface area (Å²) in [5.41, 5.74) is 3.08. The monoisotopic (exact) mass is 218 g/mol. The molecular weight excluding hydrogens is 202 g/mol. The zero-order chi connectivity index (χ0) is 11.5. The highest BCUT2D eigenvalue weighted by molar-refractivity contribution is 5.67. The Kier molecular flexibility index (Phi) is 1.57. The molecule has 0 saturated heterocycles. The molecule has 16 heavy (non-hydrogen) atoms. The Hall–Kier alpha value is -1.78. The number of hydrogen-bond donors (Lipinski definition) is 2. The van der Waals surface area contributed by atoms with Crippen molar-refractivity contribution >= 4 is 11.2 Å². The van der Waals surface area contributed by atoms with E-state index in [1.165, 1.54) is 15.8 Å². The highest BCUT2D eigenvalue weighted by Gasteiger charge is 2.49. The minimum absolute atomic E-state index is 0.380. The molecule has 0 amide bonds. The van der Waals surface area contributed by atoms with Gasteiger partial charge in [0.15, 0.2) is 0 Å². The van der Waals surface area contributed by atoms with Gasteiger partial charge in [0, 0.05) is 5.92 Å². The molecule has 1 saturated carbocycles. The Morgan fingerprint density at radius 2 is 2.19 bits per heavy atom. The van der Waals surface area contributed by atoms with Crippen molar-refractivity contribution in [2.24, 2.45) is 5.41 Å². The first-order valence-corrected chi connectivity index (χ1v) is 5.43. The van der Waals surface area contributed by atoms with E-state index >= 15 is 0 Å². The van der Waals surface area contributed by atoms with Crippen LogP contribution < -0.4 is 16.4 Å². The quantitative estimate of drug-likeness (QED) is 0.533. The molecule has 1 atom stereocenters. The fraction of sp³-hybridized carbons (Fsp3) is 0.455. The molecule has 1 aliphatic carbocycles. The predicted molar refractivity (Wildman–Crippen MR) is 61.4 cm³/mol. The number of nitrogen functional groups attached to an aromatic ring is 2. The number of nitrogens with zero attached hydrogens (tertiary/aromatic N) is 3. The third-order valence-electron chi connectivity index (χ3n) is 3.52. The number of nitrogens with two attached hydrogens (primary N) is 2. The summed E-state index contributed by atoms with van der Waals surface area (Å²) in [4.78, 5) is 4.59. The van der Waals surface area contributed by atoms with E-state index in [0.717, 1.165) is 16.9 Å². The lowest BCUT2D eigenvalue weighted by Crippen LogP contribution is -2.43. The number of hydrogen-bond acceptors (Lipinski definition) is 3. The molecule has 1 fully saturated rings. The van der Waals surface area contributed by atoms with E-state index in [9.17, 15) is 0 Å². The van der Waals surface area contributed by atoms with E-state index in [4.69, 9.17) is 11.7 Å². The summed E-state index contributed by atoms with van der Waals surface area (Å²) in [6, 6.07) is 4.03. The van der Waals surface area contributed by atoms with Gasteiger partial charge in [-0.2, -0.15) is 4.68 Å². The molecule has 2 heterocycles. The van der Waals surface area contributed by atoms with Crippen LogP contribution in [-0.4, -0.2) is 9.66 Å². The summed E-state index contributed by atoms with van der Waals surface area (Å²) in [6.07, 6.45) is 2.82. The second kappa shape index (κ2) is 2.66. The number of pyridine rings is 1. The van der Waals surface area contributed by atoms with E-state index in [-0.39, 0.29) is 0 Å². The van der Waals surface area contributed by atoms with Crippen LogP contribution >= 0.6 is 0 Å². The Morgan fingerprint density at radius 1 is 1.50 bits per heavy atom. The van der Waals surface area contributed by atoms with Gasteiger partial charge >= 0.3 is 5.65 Å². The van der Waals surface area contributed by atoms with Gasteiger partial charge in [-0.25, -0.2) is 0 Å². The number of fused-ring (bicyclic) bond motifs is 1. The van der Waals surface area contributed by atoms with E-state index in [2.05, 4.69) is 18.8 Å². The van der Waals surface area contributed by atoms with Crippen molar-refractivity contribution in [1.29, 1.82) is 0 Å². The standard InChI is InChI=1S/C11H16N5/c1-11(2)5-7(11)8-3-4-9-10(14-8)16(13)6-15(9)12/h3-4,6-7H,5,12-13H2,1-2H3/q+1. The van der Waals surface area contributed by atoms with Crippen LogP contribution in [0.5, 0.6) is 0 Å². The summed E-state index contributed by atoms with van der Waals surface area (Å²) in [6.45, 7) is 4.52. The number of aromatic nitrogens is 3. The predicted octanol–water partition coefficient (Wildman–Crippen LogP) is 0.265. The molecule has 0 spiro atoms. The molecule has 4 N–H and O–H groups in total. The molecule has 5 nitrogen and oxygen atoms in total. The smallest absolute Gasteiger partial charge is 0.291 e. The normalized spacial score (nSPS) is 22.5. The van der Waals surface area contributed by atoms with Gasteiger partial charge in [-0.15, -0.1) is 9.66 Å². The maximum absolute atomic E-state index is 5.79. The van der Waals surface area contributed by atoms with Gasteiger partial charge in [-0.1, -0.05) is 13.8 Å². The molecule has 2 aromatic rings. The largest absolute Gasteiger partial charge is 0.326 e. The fourth-order valence-corrected chi connectivity index (χ4v) is 2.26. The van der Waals surface area contributed by atoms with Gasteiger partial charge in [-0.3, -0.25) is 11.7 Å². The van der Waals surface area contributed by atoms with Crippen LogP contribution in [-0.2, 0) is 0 Å². The Morgan fingerprint density at radius 3 is 2.81 bits per heavy atom. The molecule has 1 unspecified atom stereocenters. The second-order valence-electron chi connectivity index (χ2n) is 5.25. The zero-order valence-electron chi connectivity index (χ0n) is 9.51. The van der Waals surface area contributed by atoms with Crippen LogP contribution in [0.15, 0.2) is 18.5 Å². The van der Waals surface area contributed by atoms with Gasteiger partial charge in [0.05, 0.1) is 0 Å². The van der Waals surface area contributed by atoms with Crippen LogP contribution in [0.25, 0.3) is 11.2 Å². The fourth-order valence-electron chi connectivity index (χ4n) is 2.26. The molecule has 0 radical (unpaired) electrons. The molecule has 0 aliphatic heterocycles. The van der Waals surface area contributed by atoms with Crippen molar-refractivity contribution in [3.8, 4) is 0 Å². The Bertz CT molecular complexity index is 569. The van der Waals surface area contributed by atoms with Crippen LogP contribution in [0, 0.1) is 5.41 Å². The van der Waals surface area contributed by atoms with Gasteiger partial charge in [0.25, 0.3) is 0 Å². The topological polar surface area (TPSA) is 73.7 Å². The van der Waals surface area contributed by atoms with Crippen LogP contribution in [0.2, 0.25) is 0 Å². The molecule has 0 aromatic carbocycles. The Balaban J connectivity index is 2.13. The lowest BCUT2D eigenvalue weighted by molar-refractivity contribution is -0.614.